The van der Waals surface area contributed by atoms with E-state index in [4.69, 9.17) is 5.11 Å². The molecule has 0 bridgehead atoms. The number of thioether (sulfide) groups is 1. The lowest BCUT2D eigenvalue weighted by Crippen LogP contribution is -2.43. The van der Waals surface area contributed by atoms with Crippen molar-refractivity contribution in [3.63, 3.8) is 0 Å². The number of anilines is 1. The van der Waals surface area contributed by atoms with Gasteiger partial charge in [0.25, 0.3) is 0 Å². The molecule has 0 heterocycles. The van der Waals surface area contributed by atoms with Crippen LogP contribution in [0.3, 0.4) is 0 Å². The lowest BCUT2D eigenvalue weighted by molar-refractivity contribution is -0.137. The van der Waals surface area contributed by atoms with Gasteiger partial charge in [0.1, 0.15) is 6.54 Å². The highest BCUT2D eigenvalue weighted by molar-refractivity contribution is 7.98. The molecule has 0 aliphatic rings. The molecule has 1 aromatic carbocycles. The van der Waals surface area contributed by atoms with Crippen molar-refractivity contribution in [2.45, 2.75) is 24.8 Å². The third kappa shape index (κ3) is 4.48. The molecule has 0 fully saturated rings. The van der Waals surface area contributed by atoms with Crippen LogP contribution in [0.5, 0.6) is 0 Å². The molecule has 5 nitrogen and oxygen atoms in total. The van der Waals surface area contributed by atoms with Crippen molar-refractivity contribution in [2.75, 3.05) is 18.1 Å². The molecule has 0 unspecified atom stereocenters. The number of hydrogen-bond donors (Lipinski definition) is 2. The van der Waals surface area contributed by atoms with E-state index in [9.17, 15) is 9.59 Å². The van der Waals surface area contributed by atoms with Crippen LogP contribution >= 0.6 is 11.8 Å². The van der Waals surface area contributed by atoms with E-state index in [0.717, 1.165) is 4.90 Å². The highest BCUT2D eigenvalue weighted by Gasteiger charge is 2.20. The van der Waals surface area contributed by atoms with E-state index in [2.05, 4.69) is 5.32 Å². The van der Waals surface area contributed by atoms with Crippen molar-refractivity contribution in [1.29, 1.82) is 0 Å². The summed E-state index contributed by atoms with van der Waals surface area (Å²) in [5.41, 5.74) is 0.691. The van der Waals surface area contributed by atoms with Gasteiger partial charge in [-0.05, 0) is 32.2 Å². The zero-order valence-corrected chi connectivity index (χ0v) is 12.0. The van der Waals surface area contributed by atoms with Crippen molar-refractivity contribution in [1.82, 2.24) is 4.90 Å². The van der Waals surface area contributed by atoms with Crippen LogP contribution in [0.2, 0.25) is 0 Å². The number of rotatable bonds is 5. The molecule has 2 N–H and O–H groups in total. The van der Waals surface area contributed by atoms with Crippen LogP contribution in [0, 0.1) is 0 Å². The number of para-hydroxylation sites is 1. The summed E-state index contributed by atoms with van der Waals surface area (Å²) in [6.07, 6.45) is 1.92. The number of benzene rings is 1. The second-order valence-corrected chi connectivity index (χ2v) is 5.09. The number of urea groups is 1. The predicted octanol–water partition coefficient (Wildman–Crippen LogP) is 2.74. The molecule has 1 rings (SSSR count). The number of carboxylic acids is 1. The standard InChI is InChI=1S/C13H18N2O3S/c1-9(2)15(8-12(16)17)13(18)14-10-6-4-5-7-11(10)19-3/h4-7,9H,8H2,1-3H3,(H,14,18)(H,16,17). The summed E-state index contributed by atoms with van der Waals surface area (Å²) >= 11 is 1.52. The Morgan fingerprint density at radius 3 is 2.53 bits per heavy atom. The van der Waals surface area contributed by atoms with Gasteiger partial charge < -0.3 is 15.3 Å². The lowest BCUT2D eigenvalue weighted by atomic mass is 10.3. The number of aliphatic carboxylic acids is 1. The Morgan fingerprint density at radius 1 is 1.37 bits per heavy atom. The highest BCUT2D eigenvalue weighted by Crippen LogP contribution is 2.24. The lowest BCUT2D eigenvalue weighted by Gasteiger charge is -2.25. The Kier molecular flexibility index (Phi) is 5.69. The molecule has 0 saturated heterocycles. The minimum atomic E-state index is -1.03. The molecular weight excluding hydrogens is 264 g/mol. The summed E-state index contributed by atoms with van der Waals surface area (Å²) < 4.78 is 0. The van der Waals surface area contributed by atoms with Crippen LogP contribution in [-0.4, -0.2) is 40.8 Å². The number of nitrogens with one attached hydrogen (secondary N) is 1. The van der Waals surface area contributed by atoms with Crippen molar-refractivity contribution in [3.05, 3.63) is 24.3 Å². The molecule has 1 aromatic rings. The Labute approximate surface area is 117 Å². The Balaban J connectivity index is 2.84. The second-order valence-electron chi connectivity index (χ2n) is 4.25. The maximum absolute atomic E-state index is 12.1. The summed E-state index contributed by atoms with van der Waals surface area (Å²) in [5, 5.41) is 11.6. The van der Waals surface area contributed by atoms with Gasteiger partial charge in [0.05, 0.1) is 5.69 Å². The van der Waals surface area contributed by atoms with E-state index in [1.807, 2.05) is 24.5 Å². The normalized spacial score (nSPS) is 10.3. The molecule has 0 aliphatic heterocycles. The van der Waals surface area contributed by atoms with Crippen molar-refractivity contribution in [2.24, 2.45) is 0 Å². The van der Waals surface area contributed by atoms with Gasteiger partial charge in [0.15, 0.2) is 0 Å². The topological polar surface area (TPSA) is 69.6 Å². The summed E-state index contributed by atoms with van der Waals surface area (Å²) in [6.45, 7) is 3.25. The van der Waals surface area contributed by atoms with Crippen molar-refractivity contribution < 1.29 is 14.7 Å². The van der Waals surface area contributed by atoms with Gasteiger partial charge in [-0.3, -0.25) is 4.79 Å². The third-order valence-corrected chi connectivity index (χ3v) is 3.33. The molecule has 104 valence electrons. The summed E-state index contributed by atoms with van der Waals surface area (Å²) in [5.74, 6) is -1.03. The molecule has 0 radical (unpaired) electrons. The van der Waals surface area contributed by atoms with Gasteiger partial charge >= 0.3 is 12.0 Å². The maximum atomic E-state index is 12.1. The number of nitrogens with zero attached hydrogens (tertiary/aromatic N) is 1. The smallest absolute Gasteiger partial charge is 0.323 e. The number of amides is 2. The van der Waals surface area contributed by atoms with Crippen LogP contribution < -0.4 is 5.32 Å². The van der Waals surface area contributed by atoms with Crippen molar-refractivity contribution in [3.8, 4) is 0 Å². The maximum Gasteiger partial charge on any atom is 0.323 e. The fraction of sp³-hybridized carbons (Fsp3) is 0.385. The second kappa shape index (κ2) is 7.04. The predicted molar refractivity (Wildman–Crippen MR) is 76.7 cm³/mol. The van der Waals surface area contributed by atoms with Gasteiger partial charge in [-0.15, -0.1) is 11.8 Å². The van der Waals surface area contributed by atoms with Gasteiger partial charge in [0.2, 0.25) is 0 Å². The minimum Gasteiger partial charge on any atom is -0.480 e. The Morgan fingerprint density at radius 2 is 2.00 bits per heavy atom. The minimum absolute atomic E-state index is 0.183. The van der Waals surface area contributed by atoms with Gasteiger partial charge in [-0.25, -0.2) is 4.79 Å². The molecule has 0 atom stereocenters. The first kappa shape index (κ1) is 15.4. The molecule has 2 amide bonds. The number of carbonyl (C=O) groups excluding carboxylic acids is 1. The molecule has 0 aliphatic carbocycles. The fourth-order valence-corrected chi connectivity index (χ4v) is 2.12. The van der Waals surface area contributed by atoms with E-state index < -0.39 is 12.0 Å². The molecular formula is C13H18N2O3S. The number of hydrogen-bond acceptors (Lipinski definition) is 3. The number of carbonyl (C=O) groups is 2. The number of carboxylic acid groups (broad SMARTS) is 1. The first-order valence-corrected chi connectivity index (χ1v) is 7.10. The largest absolute Gasteiger partial charge is 0.480 e. The molecule has 0 saturated carbocycles. The highest BCUT2D eigenvalue weighted by atomic mass is 32.2. The van der Waals surface area contributed by atoms with E-state index in [1.165, 1.54) is 16.7 Å². The third-order valence-electron chi connectivity index (χ3n) is 2.54. The first-order valence-electron chi connectivity index (χ1n) is 5.88. The van der Waals surface area contributed by atoms with Gasteiger partial charge in [-0.2, -0.15) is 0 Å². The van der Waals surface area contributed by atoms with E-state index in [-0.39, 0.29) is 12.6 Å². The van der Waals surface area contributed by atoms with Gasteiger partial charge in [0, 0.05) is 10.9 Å². The van der Waals surface area contributed by atoms with E-state index >= 15 is 0 Å². The summed E-state index contributed by atoms with van der Waals surface area (Å²) in [7, 11) is 0. The van der Waals surface area contributed by atoms with Gasteiger partial charge in [-0.1, -0.05) is 12.1 Å². The van der Waals surface area contributed by atoms with E-state index in [1.54, 1.807) is 19.9 Å². The zero-order valence-electron chi connectivity index (χ0n) is 11.2. The molecule has 6 heteroatoms. The molecule has 0 aromatic heterocycles. The van der Waals surface area contributed by atoms with Crippen LogP contribution in [-0.2, 0) is 4.79 Å². The van der Waals surface area contributed by atoms with Crippen LogP contribution in [0.1, 0.15) is 13.8 Å². The Bertz CT molecular complexity index is 463. The fourth-order valence-electron chi connectivity index (χ4n) is 1.57. The van der Waals surface area contributed by atoms with Crippen LogP contribution in [0.15, 0.2) is 29.2 Å². The molecule has 0 spiro atoms. The average molecular weight is 282 g/mol. The summed E-state index contributed by atoms with van der Waals surface area (Å²) in [4.78, 5) is 25.1. The average Bonchev–Trinajstić information content (AvgIpc) is 2.36. The first-order chi connectivity index (χ1) is 8.95. The zero-order chi connectivity index (χ0) is 14.4. The monoisotopic (exact) mass is 282 g/mol. The Hall–Kier alpha value is -1.69. The summed E-state index contributed by atoms with van der Waals surface area (Å²) in [6, 6.07) is 6.82. The van der Waals surface area contributed by atoms with Crippen molar-refractivity contribution >= 4 is 29.4 Å². The molecule has 19 heavy (non-hydrogen) atoms. The SMILES string of the molecule is CSc1ccccc1NC(=O)N(CC(=O)O)C(C)C. The van der Waals surface area contributed by atoms with Crippen LogP contribution in [0.4, 0.5) is 10.5 Å². The van der Waals surface area contributed by atoms with Crippen LogP contribution in [0.25, 0.3) is 0 Å². The van der Waals surface area contributed by atoms with E-state index in [0.29, 0.717) is 5.69 Å². The quantitative estimate of drug-likeness (QED) is 0.815.